The summed E-state index contributed by atoms with van der Waals surface area (Å²) in [5.41, 5.74) is 3.16. The first kappa shape index (κ1) is 22.1. The SMILES string of the molecule is COc1ccc(Cn2nnc(C(=O)O)c2OC2CCC(c3cc(C)ccc3Cl)CC2)cc1. The Balaban J connectivity index is 1.47. The first-order valence-electron chi connectivity index (χ1n) is 10.7. The molecule has 1 aliphatic carbocycles. The second kappa shape index (κ2) is 9.61. The highest BCUT2D eigenvalue weighted by atomic mass is 35.5. The summed E-state index contributed by atoms with van der Waals surface area (Å²) in [4.78, 5) is 11.7. The molecule has 32 heavy (non-hydrogen) atoms. The number of carbonyl (C=O) groups is 1. The number of rotatable bonds is 7. The lowest BCUT2D eigenvalue weighted by atomic mass is 9.82. The van der Waals surface area contributed by atoms with Crippen LogP contribution in [0.1, 0.15) is 58.8 Å². The molecule has 7 nitrogen and oxygen atoms in total. The zero-order chi connectivity index (χ0) is 22.7. The number of hydrogen-bond acceptors (Lipinski definition) is 5. The van der Waals surface area contributed by atoms with Crippen molar-refractivity contribution in [2.75, 3.05) is 7.11 Å². The Morgan fingerprint density at radius 3 is 2.53 bits per heavy atom. The maximum Gasteiger partial charge on any atom is 0.362 e. The molecule has 0 spiro atoms. The van der Waals surface area contributed by atoms with E-state index in [9.17, 15) is 9.90 Å². The van der Waals surface area contributed by atoms with Gasteiger partial charge in [0.25, 0.3) is 0 Å². The maximum atomic E-state index is 11.7. The molecule has 3 aromatic rings. The molecule has 0 unspecified atom stereocenters. The van der Waals surface area contributed by atoms with E-state index < -0.39 is 5.97 Å². The van der Waals surface area contributed by atoms with Crippen LogP contribution in [0.4, 0.5) is 0 Å². The van der Waals surface area contributed by atoms with Crippen LogP contribution in [0.5, 0.6) is 11.6 Å². The van der Waals surface area contributed by atoms with Crippen molar-refractivity contribution in [1.29, 1.82) is 0 Å². The van der Waals surface area contributed by atoms with E-state index in [-0.39, 0.29) is 17.7 Å². The van der Waals surface area contributed by atoms with Gasteiger partial charge in [-0.15, -0.1) is 5.10 Å². The average Bonchev–Trinajstić information content (AvgIpc) is 3.19. The lowest BCUT2D eigenvalue weighted by Crippen LogP contribution is -2.25. The normalized spacial score (nSPS) is 18.3. The minimum absolute atomic E-state index is 0.0962. The van der Waals surface area contributed by atoms with Gasteiger partial charge in [0.1, 0.15) is 11.9 Å². The maximum absolute atomic E-state index is 11.7. The lowest BCUT2D eigenvalue weighted by molar-refractivity contribution is 0.0676. The molecule has 1 aliphatic rings. The molecule has 2 aromatic carbocycles. The highest BCUT2D eigenvalue weighted by molar-refractivity contribution is 6.31. The zero-order valence-electron chi connectivity index (χ0n) is 18.1. The van der Waals surface area contributed by atoms with E-state index in [2.05, 4.69) is 23.3 Å². The fourth-order valence-electron chi connectivity index (χ4n) is 4.19. The van der Waals surface area contributed by atoms with Crippen LogP contribution in [0.3, 0.4) is 0 Å². The van der Waals surface area contributed by atoms with Crippen LogP contribution in [0.25, 0.3) is 0 Å². The van der Waals surface area contributed by atoms with Crippen molar-refractivity contribution in [3.63, 3.8) is 0 Å². The predicted octanol–water partition coefficient (Wildman–Crippen LogP) is 5.10. The summed E-state index contributed by atoms with van der Waals surface area (Å²) in [6.07, 6.45) is 3.37. The van der Waals surface area contributed by atoms with E-state index in [1.54, 1.807) is 7.11 Å². The Morgan fingerprint density at radius 1 is 1.16 bits per heavy atom. The lowest BCUT2D eigenvalue weighted by Gasteiger charge is -2.30. The van der Waals surface area contributed by atoms with E-state index >= 15 is 0 Å². The molecule has 0 amide bonds. The Hall–Kier alpha value is -3.06. The van der Waals surface area contributed by atoms with Gasteiger partial charge in [0, 0.05) is 5.02 Å². The summed E-state index contributed by atoms with van der Waals surface area (Å²) in [5, 5.41) is 18.2. The molecule has 1 saturated carbocycles. The largest absolute Gasteiger partial charge is 0.497 e. The Morgan fingerprint density at radius 2 is 1.88 bits per heavy atom. The molecule has 1 aromatic heterocycles. The van der Waals surface area contributed by atoms with Crippen LogP contribution in [0, 0.1) is 6.92 Å². The molecule has 0 bridgehead atoms. The van der Waals surface area contributed by atoms with Gasteiger partial charge in [0.05, 0.1) is 13.7 Å². The Kier molecular flexibility index (Phi) is 6.65. The van der Waals surface area contributed by atoms with Crippen LogP contribution in [0.15, 0.2) is 42.5 Å². The monoisotopic (exact) mass is 455 g/mol. The fourth-order valence-corrected chi connectivity index (χ4v) is 4.46. The third-order valence-corrected chi connectivity index (χ3v) is 6.27. The fraction of sp³-hybridized carbons (Fsp3) is 0.375. The van der Waals surface area contributed by atoms with Crippen molar-refractivity contribution in [3.05, 3.63) is 69.9 Å². The summed E-state index contributed by atoms with van der Waals surface area (Å²) in [5.74, 6) is 0.176. The van der Waals surface area contributed by atoms with Crippen molar-refractivity contribution >= 4 is 17.6 Å². The first-order valence-corrected chi connectivity index (χ1v) is 11.0. The third kappa shape index (κ3) is 4.88. The van der Waals surface area contributed by atoms with Crippen LogP contribution >= 0.6 is 11.6 Å². The number of nitrogens with zero attached hydrogens (tertiary/aromatic N) is 3. The number of aromatic carboxylic acids is 1. The molecule has 0 saturated heterocycles. The van der Waals surface area contributed by atoms with Crippen molar-refractivity contribution < 1.29 is 19.4 Å². The smallest absolute Gasteiger partial charge is 0.362 e. The molecule has 4 rings (SSSR count). The molecule has 1 fully saturated rings. The van der Waals surface area contributed by atoms with Gasteiger partial charge in [-0.1, -0.05) is 46.6 Å². The predicted molar refractivity (Wildman–Crippen MR) is 121 cm³/mol. The molecule has 8 heteroatoms. The average molecular weight is 456 g/mol. The van der Waals surface area contributed by atoms with E-state index in [0.717, 1.165) is 42.0 Å². The minimum Gasteiger partial charge on any atom is -0.497 e. The van der Waals surface area contributed by atoms with Gasteiger partial charge in [0.2, 0.25) is 11.6 Å². The van der Waals surface area contributed by atoms with Gasteiger partial charge in [-0.05, 0) is 67.9 Å². The Labute approximate surface area is 191 Å². The third-order valence-electron chi connectivity index (χ3n) is 5.93. The summed E-state index contributed by atoms with van der Waals surface area (Å²) < 4.78 is 12.9. The topological polar surface area (TPSA) is 86.5 Å². The number of ether oxygens (including phenoxy) is 2. The number of methoxy groups -OCH3 is 1. The second-order valence-corrected chi connectivity index (χ2v) is 8.58. The summed E-state index contributed by atoms with van der Waals surface area (Å²) >= 11 is 6.43. The molecule has 168 valence electrons. The summed E-state index contributed by atoms with van der Waals surface area (Å²) in [6.45, 7) is 2.42. The number of benzene rings is 2. The van der Waals surface area contributed by atoms with Crippen LogP contribution < -0.4 is 9.47 Å². The quantitative estimate of drug-likeness (QED) is 0.533. The van der Waals surface area contributed by atoms with Crippen molar-refractivity contribution in [1.82, 2.24) is 15.0 Å². The van der Waals surface area contributed by atoms with Gasteiger partial charge in [-0.25, -0.2) is 9.48 Å². The number of hydrogen-bond donors (Lipinski definition) is 1. The van der Waals surface area contributed by atoms with Gasteiger partial charge < -0.3 is 14.6 Å². The molecular formula is C24H26ClN3O4. The van der Waals surface area contributed by atoms with Gasteiger partial charge in [-0.3, -0.25) is 0 Å². The van der Waals surface area contributed by atoms with Crippen molar-refractivity contribution in [3.8, 4) is 11.6 Å². The van der Waals surface area contributed by atoms with Crippen LogP contribution in [-0.2, 0) is 6.54 Å². The highest BCUT2D eigenvalue weighted by Gasteiger charge is 2.29. The van der Waals surface area contributed by atoms with Crippen LogP contribution in [0.2, 0.25) is 5.02 Å². The highest BCUT2D eigenvalue weighted by Crippen LogP contribution is 2.38. The van der Waals surface area contributed by atoms with E-state index in [1.807, 2.05) is 36.4 Å². The molecular weight excluding hydrogens is 430 g/mol. The van der Waals surface area contributed by atoms with E-state index in [1.165, 1.54) is 15.8 Å². The van der Waals surface area contributed by atoms with Crippen molar-refractivity contribution in [2.45, 2.75) is 51.2 Å². The number of carboxylic acids is 1. The standard InChI is InChI=1S/C24H26ClN3O4/c1-15-3-12-21(25)20(13-15)17-6-10-19(11-7-17)32-23-22(24(29)30)26-27-28(23)14-16-4-8-18(31-2)9-5-16/h3-5,8-9,12-13,17,19H,6-7,10-11,14H2,1-2H3,(H,29,30). The molecule has 0 aliphatic heterocycles. The number of carboxylic acid groups (broad SMARTS) is 1. The molecule has 1 N–H and O–H groups in total. The number of aryl methyl sites for hydroxylation is 1. The van der Waals surface area contributed by atoms with Gasteiger partial charge in [0.15, 0.2) is 0 Å². The second-order valence-electron chi connectivity index (χ2n) is 8.17. The molecule has 0 atom stereocenters. The zero-order valence-corrected chi connectivity index (χ0v) is 18.9. The van der Waals surface area contributed by atoms with E-state index in [0.29, 0.717) is 12.5 Å². The van der Waals surface area contributed by atoms with Gasteiger partial charge >= 0.3 is 5.97 Å². The molecule has 1 heterocycles. The minimum atomic E-state index is -1.15. The molecule has 0 radical (unpaired) electrons. The van der Waals surface area contributed by atoms with Crippen LogP contribution in [-0.4, -0.2) is 39.3 Å². The summed E-state index contributed by atoms with van der Waals surface area (Å²) in [6, 6.07) is 13.6. The number of halogens is 1. The van der Waals surface area contributed by atoms with Crippen molar-refractivity contribution in [2.24, 2.45) is 0 Å². The number of aromatic nitrogens is 3. The van der Waals surface area contributed by atoms with E-state index in [4.69, 9.17) is 21.1 Å². The Bertz CT molecular complexity index is 1090. The first-order chi connectivity index (χ1) is 15.4. The summed E-state index contributed by atoms with van der Waals surface area (Å²) in [7, 11) is 1.61. The van der Waals surface area contributed by atoms with Gasteiger partial charge in [-0.2, -0.15) is 0 Å².